The molecule has 24 heavy (non-hydrogen) atoms. The van der Waals surface area contributed by atoms with Gasteiger partial charge in [-0.3, -0.25) is 9.78 Å². The van der Waals surface area contributed by atoms with E-state index in [1.54, 1.807) is 24.5 Å². The van der Waals surface area contributed by atoms with Crippen molar-refractivity contribution >= 4 is 17.5 Å². The molecule has 1 amide bonds. The Kier molecular flexibility index (Phi) is 5.48. The molecule has 0 bridgehead atoms. The van der Waals surface area contributed by atoms with Gasteiger partial charge in [0, 0.05) is 48.7 Å². The first kappa shape index (κ1) is 16.9. The Hall–Kier alpha value is -1.91. The van der Waals surface area contributed by atoms with Crippen LogP contribution in [0.5, 0.6) is 0 Å². The number of carbonyl (C=O) groups excluding carboxylic acids is 1. The summed E-state index contributed by atoms with van der Waals surface area (Å²) in [5.74, 6) is 0.0983. The molecule has 0 radical (unpaired) electrons. The maximum absolute atomic E-state index is 12.4. The molecule has 3 rings (SSSR count). The molecule has 1 fully saturated rings. The van der Waals surface area contributed by atoms with E-state index in [1.165, 1.54) is 5.56 Å². The molecule has 126 valence electrons. The lowest BCUT2D eigenvalue weighted by molar-refractivity contribution is 0.0704. The second-order valence-corrected chi connectivity index (χ2v) is 6.67. The molecule has 0 unspecified atom stereocenters. The molecule has 1 aliphatic heterocycles. The number of hydrogen-bond donors (Lipinski definition) is 1. The van der Waals surface area contributed by atoms with Crippen LogP contribution in [0.15, 0.2) is 42.7 Å². The second kappa shape index (κ2) is 7.77. The number of carbonyl (C=O) groups is 1. The van der Waals surface area contributed by atoms with Gasteiger partial charge in [0.25, 0.3) is 5.91 Å². The Morgan fingerprint density at radius 1 is 1.25 bits per heavy atom. The maximum Gasteiger partial charge on any atom is 0.253 e. The predicted molar refractivity (Wildman–Crippen MR) is 96.2 cm³/mol. The number of halogens is 1. The maximum atomic E-state index is 12.4. The van der Waals surface area contributed by atoms with Crippen LogP contribution in [-0.4, -0.2) is 34.9 Å². The summed E-state index contributed by atoms with van der Waals surface area (Å²) in [6, 6.07) is 10.2. The van der Waals surface area contributed by atoms with E-state index in [-0.39, 0.29) is 5.91 Å². The lowest BCUT2D eigenvalue weighted by Gasteiger charge is -2.32. The molecule has 1 saturated heterocycles. The van der Waals surface area contributed by atoms with Gasteiger partial charge in [-0.1, -0.05) is 23.7 Å². The third-order valence-electron chi connectivity index (χ3n) is 4.54. The standard InChI is InChI=1S/C19H22ClN3O/c1-14-2-3-15(12-18(14)20)13-22-17-6-10-23(11-7-17)19(24)16-4-8-21-9-5-16/h2-5,8-9,12,17,22H,6-7,10-11,13H2,1H3. The summed E-state index contributed by atoms with van der Waals surface area (Å²) in [6.45, 7) is 4.39. The lowest BCUT2D eigenvalue weighted by atomic mass is 10.0. The Morgan fingerprint density at radius 2 is 1.96 bits per heavy atom. The quantitative estimate of drug-likeness (QED) is 0.925. The highest BCUT2D eigenvalue weighted by Gasteiger charge is 2.23. The van der Waals surface area contributed by atoms with Crippen molar-refractivity contribution in [3.05, 3.63) is 64.4 Å². The van der Waals surface area contributed by atoms with Crippen LogP contribution in [0.3, 0.4) is 0 Å². The topological polar surface area (TPSA) is 45.2 Å². The average Bonchev–Trinajstić information content (AvgIpc) is 2.63. The summed E-state index contributed by atoms with van der Waals surface area (Å²) in [6.07, 6.45) is 5.26. The Labute approximate surface area is 147 Å². The summed E-state index contributed by atoms with van der Waals surface area (Å²) in [4.78, 5) is 18.3. The van der Waals surface area contributed by atoms with Crippen LogP contribution in [-0.2, 0) is 6.54 Å². The van der Waals surface area contributed by atoms with Gasteiger partial charge in [-0.25, -0.2) is 0 Å². The number of aryl methyl sites for hydroxylation is 1. The van der Waals surface area contributed by atoms with Crippen LogP contribution in [0.1, 0.15) is 34.3 Å². The van der Waals surface area contributed by atoms with E-state index in [4.69, 9.17) is 11.6 Å². The van der Waals surface area contributed by atoms with E-state index in [1.807, 2.05) is 17.9 Å². The van der Waals surface area contributed by atoms with Gasteiger partial charge in [-0.15, -0.1) is 0 Å². The third kappa shape index (κ3) is 4.13. The number of piperidine rings is 1. The van der Waals surface area contributed by atoms with Gasteiger partial charge in [-0.05, 0) is 49.1 Å². The summed E-state index contributed by atoms with van der Waals surface area (Å²) in [7, 11) is 0. The molecule has 1 aromatic heterocycles. The summed E-state index contributed by atoms with van der Waals surface area (Å²) >= 11 is 6.17. The first-order valence-corrected chi connectivity index (χ1v) is 8.69. The Bertz CT molecular complexity index is 697. The van der Waals surface area contributed by atoms with Crippen molar-refractivity contribution in [3.8, 4) is 0 Å². The minimum atomic E-state index is 0.0983. The zero-order chi connectivity index (χ0) is 16.9. The summed E-state index contributed by atoms with van der Waals surface area (Å²) < 4.78 is 0. The van der Waals surface area contributed by atoms with Crippen LogP contribution in [0.25, 0.3) is 0 Å². The zero-order valence-corrected chi connectivity index (χ0v) is 14.6. The predicted octanol–water partition coefficient (Wildman–Crippen LogP) is 3.44. The summed E-state index contributed by atoms with van der Waals surface area (Å²) in [5, 5.41) is 4.39. The first-order valence-electron chi connectivity index (χ1n) is 8.31. The van der Waals surface area contributed by atoms with Gasteiger partial charge < -0.3 is 10.2 Å². The molecule has 0 aliphatic carbocycles. The molecule has 2 heterocycles. The monoisotopic (exact) mass is 343 g/mol. The minimum absolute atomic E-state index is 0.0983. The van der Waals surface area contributed by atoms with Crippen LogP contribution >= 0.6 is 11.6 Å². The van der Waals surface area contributed by atoms with Crippen molar-refractivity contribution in [2.75, 3.05) is 13.1 Å². The fraction of sp³-hybridized carbons (Fsp3) is 0.368. The number of hydrogen-bond acceptors (Lipinski definition) is 3. The van der Waals surface area contributed by atoms with Crippen LogP contribution < -0.4 is 5.32 Å². The van der Waals surface area contributed by atoms with Crippen molar-refractivity contribution in [3.63, 3.8) is 0 Å². The smallest absolute Gasteiger partial charge is 0.253 e. The minimum Gasteiger partial charge on any atom is -0.339 e. The van der Waals surface area contributed by atoms with E-state index in [0.29, 0.717) is 11.6 Å². The molecule has 2 aromatic rings. The SMILES string of the molecule is Cc1ccc(CNC2CCN(C(=O)c3ccncc3)CC2)cc1Cl. The Balaban J connectivity index is 1.48. The van der Waals surface area contributed by atoms with Crippen molar-refractivity contribution in [2.24, 2.45) is 0 Å². The highest BCUT2D eigenvalue weighted by Crippen LogP contribution is 2.18. The molecule has 1 N–H and O–H groups in total. The lowest BCUT2D eigenvalue weighted by Crippen LogP contribution is -2.44. The van der Waals surface area contributed by atoms with Crippen molar-refractivity contribution in [2.45, 2.75) is 32.4 Å². The van der Waals surface area contributed by atoms with Crippen molar-refractivity contribution < 1.29 is 4.79 Å². The average molecular weight is 344 g/mol. The second-order valence-electron chi connectivity index (χ2n) is 6.27. The number of nitrogens with one attached hydrogen (secondary N) is 1. The molecule has 1 aromatic carbocycles. The molecule has 0 saturated carbocycles. The van der Waals surface area contributed by atoms with Gasteiger partial charge in [0.15, 0.2) is 0 Å². The molecule has 0 spiro atoms. The van der Waals surface area contributed by atoms with Gasteiger partial charge >= 0.3 is 0 Å². The van der Waals surface area contributed by atoms with E-state index in [2.05, 4.69) is 22.4 Å². The van der Waals surface area contributed by atoms with Gasteiger partial charge in [0.2, 0.25) is 0 Å². The molecule has 0 atom stereocenters. The zero-order valence-electron chi connectivity index (χ0n) is 13.8. The van der Waals surface area contributed by atoms with Crippen molar-refractivity contribution in [1.29, 1.82) is 0 Å². The fourth-order valence-corrected chi connectivity index (χ4v) is 3.18. The summed E-state index contributed by atoms with van der Waals surface area (Å²) in [5.41, 5.74) is 3.01. The molecule has 5 heteroatoms. The van der Waals surface area contributed by atoms with E-state index >= 15 is 0 Å². The van der Waals surface area contributed by atoms with E-state index in [0.717, 1.165) is 43.1 Å². The largest absolute Gasteiger partial charge is 0.339 e. The number of rotatable bonds is 4. The van der Waals surface area contributed by atoms with Crippen LogP contribution in [0, 0.1) is 6.92 Å². The number of nitrogens with zero attached hydrogens (tertiary/aromatic N) is 2. The number of likely N-dealkylation sites (tertiary alicyclic amines) is 1. The van der Waals surface area contributed by atoms with Crippen LogP contribution in [0.2, 0.25) is 5.02 Å². The third-order valence-corrected chi connectivity index (χ3v) is 4.95. The highest BCUT2D eigenvalue weighted by atomic mass is 35.5. The molecule has 4 nitrogen and oxygen atoms in total. The van der Waals surface area contributed by atoms with Gasteiger partial charge in [-0.2, -0.15) is 0 Å². The number of aromatic nitrogens is 1. The fourth-order valence-electron chi connectivity index (χ4n) is 2.97. The van der Waals surface area contributed by atoms with Gasteiger partial charge in [0.05, 0.1) is 0 Å². The Morgan fingerprint density at radius 3 is 2.62 bits per heavy atom. The molecule has 1 aliphatic rings. The van der Waals surface area contributed by atoms with E-state index in [9.17, 15) is 4.79 Å². The van der Waals surface area contributed by atoms with E-state index < -0.39 is 0 Å². The normalized spacial score (nSPS) is 15.5. The molecular formula is C19H22ClN3O. The van der Waals surface area contributed by atoms with Crippen LogP contribution in [0.4, 0.5) is 0 Å². The van der Waals surface area contributed by atoms with Crippen molar-refractivity contribution in [1.82, 2.24) is 15.2 Å². The number of amides is 1. The number of pyridine rings is 1. The molecular weight excluding hydrogens is 322 g/mol. The van der Waals surface area contributed by atoms with Gasteiger partial charge in [0.1, 0.15) is 0 Å². The number of benzene rings is 1. The highest BCUT2D eigenvalue weighted by molar-refractivity contribution is 6.31. The first-order chi connectivity index (χ1) is 11.6.